The van der Waals surface area contributed by atoms with E-state index in [1.807, 2.05) is 50.4 Å². The molecule has 1 atom stereocenters. The zero-order valence-electron chi connectivity index (χ0n) is 10.9. The second-order valence-electron chi connectivity index (χ2n) is 4.66. The van der Waals surface area contributed by atoms with Gasteiger partial charge in [0, 0.05) is 24.2 Å². The smallest absolute Gasteiger partial charge is 0.123 e. The van der Waals surface area contributed by atoms with Crippen LogP contribution in [-0.4, -0.2) is 19.9 Å². The third-order valence-corrected chi connectivity index (χ3v) is 3.28. The fourth-order valence-corrected chi connectivity index (χ4v) is 2.39. The number of hydrogen-bond acceptors (Lipinski definition) is 3. The Bertz CT molecular complexity index is 728. The van der Waals surface area contributed by atoms with Crippen LogP contribution in [0.25, 0.3) is 10.9 Å². The largest absolute Gasteiger partial charge is 0.382 e. The summed E-state index contributed by atoms with van der Waals surface area (Å²) in [6, 6.07) is 11.6. The standard InChI is InChI=1S/C15H15N3O/c1-10-9-13(18(2)17-10)15(19)12-7-3-5-11-6-4-8-16-14(11)12/h3-9,15,19H,1-2H3. The van der Waals surface area contributed by atoms with Crippen LogP contribution in [0.2, 0.25) is 0 Å². The molecular formula is C15H15N3O. The van der Waals surface area contributed by atoms with Crippen molar-refractivity contribution in [2.24, 2.45) is 7.05 Å². The zero-order valence-corrected chi connectivity index (χ0v) is 10.9. The normalized spacial score (nSPS) is 12.8. The van der Waals surface area contributed by atoms with Crippen LogP contribution in [0, 0.1) is 6.92 Å². The summed E-state index contributed by atoms with van der Waals surface area (Å²) in [5, 5.41) is 15.9. The molecule has 1 aromatic carbocycles. The van der Waals surface area contributed by atoms with Crippen molar-refractivity contribution in [2.75, 3.05) is 0 Å². The van der Waals surface area contributed by atoms with Crippen molar-refractivity contribution in [1.29, 1.82) is 0 Å². The van der Waals surface area contributed by atoms with Crippen LogP contribution in [0.4, 0.5) is 0 Å². The molecule has 0 aliphatic heterocycles. The highest BCUT2D eigenvalue weighted by Crippen LogP contribution is 2.27. The Hall–Kier alpha value is -2.20. The number of benzene rings is 1. The van der Waals surface area contributed by atoms with Crippen molar-refractivity contribution in [3.8, 4) is 0 Å². The lowest BCUT2D eigenvalue weighted by Gasteiger charge is -2.13. The first kappa shape index (κ1) is 11.9. The molecule has 2 aromatic heterocycles. The van der Waals surface area contributed by atoms with E-state index >= 15 is 0 Å². The summed E-state index contributed by atoms with van der Waals surface area (Å²) < 4.78 is 1.71. The quantitative estimate of drug-likeness (QED) is 0.762. The minimum atomic E-state index is -0.718. The number of pyridine rings is 1. The number of nitrogens with zero attached hydrogens (tertiary/aromatic N) is 3. The van der Waals surface area contributed by atoms with E-state index in [4.69, 9.17) is 0 Å². The Morgan fingerprint density at radius 1 is 1.21 bits per heavy atom. The van der Waals surface area contributed by atoms with Crippen molar-refractivity contribution in [3.63, 3.8) is 0 Å². The third kappa shape index (κ3) is 2.00. The summed E-state index contributed by atoms with van der Waals surface area (Å²) in [6.45, 7) is 1.91. The number of aliphatic hydroxyl groups is 1. The predicted octanol–water partition coefficient (Wildman–Crippen LogP) is 2.36. The summed E-state index contributed by atoms with van der Waals surface area (Å²) in [6.07, 6.45) is 1.03. The van der Waals surface area contributed by atoms with Gasteiger partial charge in [0.15, 0.2) is 0 Å². The van der Waals surface area contributed by atoms with Gasteiger partial charge in [0.25, 0.3) is 0 Å². The Labute approximate surface area is 111 Å². The Morgan fingerprint density at radius 2 is 2.00 bits per heavy atom. The van der Waals surface area contributed by atoms with E-state index in [9.17, 15) is 5.11 Å². The van der Waals surface area contributed by atoms with Gasteiger partial charge in [-0.1, -0.05) is 24.3 Å². The van der Waals surface area contributed by atoms with Gasteiger partial charge in [-0.2, -0.15) is 5.10 Å². The first-order valence-electron chi connectivity index (χ1n) is 6.19. The van der Waals surface area contributed by atoms with Gasteiger partial charge < -0.3 is 5.11 Å². The molecule has 96 valence electrons. The molecule has 0 spiro atoms. The lowest BCUT2D eigenvalue weighted by Crippen LogP contribution is -2.07. The van der Waals surface area contributed by atoms with Crippen molar-refractivity contribution in [2.45, 2.75) is 13.0 Å². The summed E-state index contributed by atoms with van der Waals surface area (Å²) in [5.74, 6) is 0. The van der Waals surface area contributed by atoms with Crippen molar-refractivity contribution >= 4 is 10.9 Å². The van der Waals surface area contributed by atoms with E-state index in [1.165, 1.54) is 0 Å². The lowest BCUT2D eigenvalue weighted by molar-refractivity contribution is 0.211. The molecule has 1 N–H and O–H groups in total. The fourth-order valence-electron chi connectivity index (χ4n) is 2.39. The van der Waals surface area contributed by atoms with E-state index in [1.54, 1.807) is 10.9 Å². The molecule has 2 heterocycles. The Balaban J connectivity index is 2.16. The number of aromatic nitrogens is 3. The highest BCUT2D eigenvalue weighted by molar-refractivity contribution is 5.82. The number of hydrogen-bond donors (Lipinski definition) is 1. The SMILES string of the molecule is Cc1cc(C(O)c2cccc3cccnc23)n(C)n1. The summed E-state index contributed by atoms with van der Waals surface area (Å²) in [7, 11) is 1.84. The number of rotatable bonds is 2. The molecule has 1 unspecified atom stereocenters. The molecule has 0 fully saturated rings. The van der Waals surface area contributed by atoms with Gasteiger partial charge >= 0.3 is 0 Å². The third-order valence-electron chi connectivity index (χ3n) is 3.28. The number of fused-ring (bicyclic) bond motifs is 1. The van der Waals surface area contributed by atoms with E-state index in [0.717, 1.165) is 27.9 Å². The first-order chi connectivity index (χ1) is 9.16. The van der Waals surface area contributed by atoms with E-state index in [-0.39, 0.29) is 0 Å². The van der Waals surface area contributed by atoms with Gasteiger partial charge in [-0.05, 0) is 19.1 Å². The average molecular weight is 253 g/mol. The fraction of sp³-hybridized carbons (Fsp3) is 0.200. The maximum absolute atomic E-state index is 10.6. The summed E-state index contributed by atoms with van der Waals surface area (Å²) in [4.78, 5) is 4.37. The maximum Gasteiger partial charge on any atom is 0.123 e. The molecule has 0 bridgehead atoms. The molecule has 4 heteroatoms. The van der Waals surface area contributed by atoms with E-state index in [0.29, 0.717) is 0 Å². The molecule has 0 radical (unpaired) electrons. The molecule has 0 saturated heterocycles. The van der Waals surface area contributed by atoms with E-state index < -0.39 is 6.10 Å². The molecule has 19 heavy (non-hydrogen) atoms. The number of para-hydroxylation sites is 1. The molecular weight excluding hydrogens is 238 g/mol. The Morgan fingerprint density at radius 3 is 2.74 bits per heavy atom. The second-order valence-corrected chi connectivity index (χ2v) is 4.66. The van der Waals surface area contributed by atoms with Gasteiger partial charge in [-0.25, -0.2) is 0 Å². The average Bonchev–Trinajstić information content (AvgIpc) is 2.76. The molecule has 3 rings (SSSR count). The minimum Gasteiger partial charge on any atom is -0.382 e. The van der Waals surface area contributed by atoms with Gasteiger partial charge in [-0.15, -0.1) is 0 Å². The van der Waals surface area contributed by atoms with Crippen molar-refractivity contribution in [3.05, 3.63) is 59.5 Å². The number of aliphatic hydroxyl groups excluding tert-OH is 1. The van der Waals surface area contributed by atoms with Crippen LogP contribution < -0.4 is 0 Å². The topological polar surface area (TPSA) is 50.9 Å². The van der Waals surface area contributed by atoms with Crippen LogP contribution in [0.15, 0.2) is 42.6 Å². The molecule has 3 aromatic rings. The predicted molar refractivity (Wildman–Crippen MR) is 73.7 cm³/mol. The summed E-state index contributed by atoms with van der Waals surface area (Å²) in [5.41, 5.74) is 3.30. The lowest BCUT2D eigenvalue weighted by atomic mass is 10.0. The van der Waals surface area contributed by atoms with Crippen LogP contribution in [0.3, 0.4) is 0 Å². The van der Waals surface area contributed by atoms with E-state index in [2.05, 4.69) is 10.1 Å². The highest BCUT2D eigenvalue weighted by Gasteiger charge is 2.18. The molecule has 0 aliphatic rings. The van der Waals surface area contributed by atoms with Crippen molar-refractivity contribution < 1.29 is 5.11 Å². The second kappa shape index (κ2) is 4.48. The van der Waals surface area contributed by atoms with Crippen LogP contribution in [0.1, 0.15) is 23.1 Å². The van der Waals surface area contributed by atoms with Gasteiger partial charge in [0.1, 0.15) is 6.10 Å². The first-order valence-corrected chi connectivity index (χ1v) is 6.19. The van der Waals surface area contributed by atoms with Crippen LogP contribution in [0.5, 0.6) is 0 Å². The summed E-state index contributed by atoms with van der Waals surface area (Å²) >= 11 is 0. The minimum absolute atomic E-state index is 0.718. The molecule has 0 aliphatic carbocycles. The molecule has 0 saturated carbocycles. The van der Waals surface area contributed by atoms with Gasteiger partial charge in [0.2, 0.25) is 0 Å². The van der Waals surface area contributed by atoms with Crippen LogP contribution >= 0.6 is 0 Å². The zero-order chi connectivity index (χ0) is 13.4. The monoisotopic (exact) mass is 253 g/mol. The van der Waals surface area contributed by atoms with Crippen molar-refractivity contribution in [1.82, 2.24) is 14.8 Å². The van der Waals surface area contributed by atoms with Gasteiger partial charge in [0.05, 0.1) is 16.9 Å². The molecule has 4 nitrogen and oxygen atoms in total. The Kier molecular flexibility index (Phi) is 2.80. The molecule has 0 amide bonds. The maximum atomic E-state index is 10.6. The van der Waals surface area contributed by atoms with Crippen LogP contribution in [-0.2, 0) is 7.05 Å². The van der Waals surface area contributed by atoms with Gasteiger partial charge in [-0.3, -0.25) is 9.67 Å². The highest BCUT2D eigenvalue weighted by atomic mass is 16.3. The number of aryl methyl sites for hydroxylation is 2.